The van der Waals surface area contributed by atoms with Crippen LogP contribution in [0, 0.1) is 6.92 Å². The average molecular weight is 337 g/mol. The van der Waals surface area contributed by atoms with Gasteiger partial charge < -0.3 is 5.11 Å². The number of hydrazone groups is 1. The summed E-state index contributed by atoms with van der Waals surface area (Å²) in [4.78, 5) is 15.6. The highest BCUT2D eigenvalue weighted by molar-refractivity contribution is 7.14. The molecule has 24 heavy (non-hydrogen) atoms. The standard InChI is InChI=1S/C18H15N3O2S/c1-12-6-8-13(9-7-12)16-11-24-18(20-16)21-19-10-14-4-2-3-5-15(14)17(22)23/h2-11H,1H3,(H,20,21)(H,22,23)/b19-10+. The second kappa shape index (κ2) is 7.06. The van der Waals surface area contributed by atoms with Crippen molar-refractivity contribution in [1.29, 1.82) is 0 Å². The van der Waals surface area contributed by atoms with Crippen LogP contribution in [0.3, 0.4) is 0 Å². The number of aromatic carboxylic acids is 1. The molecule has 2 N–H and O–H groups in total. The van der Waals surface area contributed by atoms with E-state index in [1.165, 1.54) is 23.1 Å². The van der Waals surface area contributed by atoms with Gasteiger partial charge in [-0.2, -0.15) is 5.10 Å². The van der Waals surface area contributed by atoms with E-state index < -0.39 is 5.97 Å². The summed E-state index contributed by atoms with van der Waals surface area (Å²) < 4.78 is 0. The normalized spacial score (nSPS) is 10.9. The summed E-state index contributed by atoms with van der Waals surface area (Å²) in [6, 6.07) is 14.8. The van der Waals surface area contributed by atoms with Crippen molar-refractivity contribution in [1.82, 2.24) is 4.98 Å². The molecule has 120 valence electrons. The molecule has 1 heterocycles. The van der Waals surface area contributed by atoms with E-state index in [0.29, 0.717) is 10.7 Å². The van der Waals surface area contributed by atoms with Gasteiger partial charge in [-0.05, 0) is 13.0 Å². The van der Waals surface area contributed by atoms with Crippen molar-refractivity contribution >= 4 is 28.7 Å². The van der Waals surface area contributed by atoms with Crippen LogP contribution >= 0.6 is 11.3 Å². The molecule has 1 aromatic heterocycles. The molecule has 0 amide bonds. The Labute approximate surface area is 143 Å². The molecule has 0 aliphatic rings. The second-order valence-corrected chi connectivity index (χ2v) is 6.02. The van der Waals surface area contributed by atoms with Crippen LogP contribution in [0.5, 0.6) is 0 Å². The highest BCUT2D eigenvalue weighted by Crippen LogP contribution is 2.25. The largest absolute Gasteiger partial charge is 0.478 e. The van der Waals surface area contributed by atoms with E-state index in [1.54, 1.807) is 24.3 Å². The zero-order chi connectivity index (χ0) is 16.9. The van der Waals surface area contributed by atoms with E-state index in [-0.39, 0.29) is 5.56 Å². The first kappa shape index (κ1) is 15.9. The molecule has 0 aliphatic carbocycles. The molecule has 2 aromatic carbocycles. The van der Waals surface area contributed by atoms with Crippen molar-refractivity contribution in [2.45, 2.75) is 6.92 Å². The fourth-order valence-electron chi connectivity index (χ4n) is 2.14. The third-order valence-electron chi connectivity index (χ3n) is 3.41. The van der Waals surface area contributed by atoms with Crippen LogP contribution in [0.4, 0.5) is 5.13 Å². The van der Waals surface area contributed by atoms with Gasteiger partial charge in [0.15, 0.2) is 0 Å². The number of carboxylic acid groups (broad SMARTS) is 1. The Kier molecular flexibility index (Phi) is 4.67. The van der Waals surface area contributed by atoms with E-state index in [4.69, 9.17) is 5.11 Å². The summed E-state index contributed by atoms with van der Waals surface area (Å²) in [5, 5.41) is 15.8. The molecule has 6 heteroatoms. The number of carboxylic acids is 1. The van der Waals surface area contributed by atoms with Crippen molar-refractivity contribution in [2.75, 3.05) is 5.43 Å². The Bertz CT molecular complexity index is 885. The molecule has 5 nitrogen and oxygen atoms in total. The molecule has 0 fully saturated rings. The smallest absolute Gasteiger partial charge is 0.336 e. The number of nitrogens with zero attached hydrogens (tertiary/aromatic N) is 2. The van der Waals surface area contributed by atoms with Gasteiger partial charge in [-0.25, -0.2) is 9.78 Å². The third-order valence-corrected chi connectivity index (χ3v) is 4.15. The van der Waals surface area contributed by atoms with Crippen molar-refractivity contribution in [2.24, 2.45) is 5.10 Å². The van der Waals surface area contributed by atoms with Gasteiger partial charge in [-0.15, -0.1) is 11.3 Å². The number of carbonyl (C=O) groups is 1. The summed E-state index contributed by atoms with van der Waals surface area (Å²) >= 11 is 1.44. The molecule has 3 aromatic rings. The van der Waals surface area contributed by atoms with Gasteiger partial charge >= 0.3 is 5.97 Å². The molecular weight excluding hydrogens is 322 g/mol. The minimum absolute atomic E-state index is 0.211. The first-order chi connectivity index (χ1) is 11.6. The lowest BCUT2D eigenvalue weighted by Crippen LogP contribution is -2.02. The third kappa shape index (κ3) is 3.67. The zero-order valence-corrected chi connectivity index (χ0v) is 13.7. The van der Waals surface area contributed by atoms with Crippen LogP contribution in [0.25, 0.3) is 11.3 Å². The number of benzene rings is 2. The van der Waals surface area contributed by atoms with Crippen LogP contribution in [-0.4, -0.2) is 22.3 Å². The van der Waals surface area contributed by atoms with Crippen molar-refractivity contribution < 1.29 is 9.90 Å². The number of hydrogen-bond acceptors (Lipinski definition) is 5. The van der Waals surface area contributed by atoms with Gasteiger partial charge in [0.1, 0.15) is 0 Å². The van der Waals surface area contributed by atoms with Crippen LogP contribution in [0.15, 0.2) is 59.0 Å². The molecule has 0 spiro atoms. The monoisotopic (exact) mass is 337 g/mol. The van der Waals surface area contributed by atoms with Crippen LogP contribution in [0.2, 0.25) is 0 Å². The van der Waals surface area contributed by atoms with Gasteiger partial charge in [-0.3, -0.25) is 5.43 Å². The maximum absolute atomic E-state index is 11.1. The van der Waals surface area contributed by atoms with Crippen molar-refractivity contribution in [3.63, 3.8) is 0 Å². The van der Waals surface area contributed by atoms with Gasteiger partial charge in [0.05, 0.1) is 17.5 Å². The Morgan fingerprint density at radius 2 is 1.96 bits per heavy atom. The van der Waals surface area contributed by atoms with E-state index in [0.717, 1.165) is 11.3 Å². The SMILES string of the molecule is Cc1ccc(-c2csc(N/N=C/c3ccccc3C(=O)O)n2)cc1. The first-order valence-corrected chi connectivity index (χ1v) is 8.15. The minimum atomic E-state index is -0.979. The van der Waals surface area contributed by atoms with E-state index in [9.17, 15) is 4.79 Å². The van der Waals surface area contributed by atoms with Gasteiger partial charge in [-0.1, -0.05) is 48.0 Å². The highest BCUT2D eigenvalue weighted by Gasteiger charge is 2.07. The number of aryl methyl sites for hydroxylation is 1. The number of hydrogen-bond donors (Lipinski definition) is 2. The maximum Gasteiger partial charge on any atom is 0.336 e. The van der Waals surface area contributed by atoms with Crippen molar-refractivity contribution in [3.05, 3.63) is 70.6 Å². The summed E-state index contributed by atoms with van der Waals surface area (Å²) in [6.07, 6.45) is 1.48. The lowest BCUT2D eigenvalue weighted by Gasteiger charge is -1.99. The predicted octanol–water partition coefficient (Wildman–Crippen LogP) is 4.26. The fourth-order valence-corrected chi connectivity index (χ4v) is 2.81. The summed E-state index contributed by atoms with van der Waals surface area (Å²) in [5.41, 5.74) is 6.72. The molecule has 0 radical (unpaired) electrons. The fraction of sp³-hybridized carbons (Fsp3) is 0.0556. The maximum atomic E-state index is 11.1. The Morgan fingerprint density at radius 3 is 2.71 bits per heavy atom. The van der Waals surface area contributed by atoms with Crippen LogP contribution in [0.1, 0.15) is 21.5 Å². The molecular formula is C18H15N3O2S. The number of anilines is 1. The van der Waals surface area contributed by atoms with Gasteiger partial charge in [0.2, 0.25) is 5.13 Å². The molecule has 0 saturated heterocycles. The van der Waals surface area contributed by atoms with E-state index in [2.05, 4.69) is 15.5 Å². The number of nitrogens with one attached hydrogen (secondary N) is 1. The minimum Gasteiger partial charge on any atom is -0.478 e. The van der Waals surface area contributed by atoms with E-state index >= 15 is 0 Å². The van der Waals surface area contributed by atoms with Gasteiger partial charge in [0.25, 0.3) is 0 Å². The lowest BCUT2D eigenvalue weighted by atomic mass is 10.1. The molecule has 0 unspecified atom stereocenters. The second-order valence-electron chi connectivity index (χ2n) is 5.17. The molecule has 3 rings (SSSR count). The summed E-state index contributed by atoms with van der Waals surface area (Å²) in [7, 11) is 0. The zero-order valence-electron chi connectivity index (χ0n) is 12.9. The Hall–Kier alpha value is -2.99. The van der Waals surface area contributed by atoms with E-state index in [1.807, 2.05) is 36.6 Å². The lowest BCUT2D eigenvalue weighted by molar-refractivity contribution is 0.0697. The first-order valence-electron chi connectivity index (χ1n) is 7.27. The van der Waals surface area contributed by atoms with Crippen molar-refractivity contribution in [3.8, 4) is 11.3 Å². The Morgan fingerprint density at radius 1 is 1.21 bits per heavy atom. The van der Waals surface area contributed by atoms with Crippen LogP contribution in [-0.2, 0) is 0 Å². The van der Waals surface area contributed by atoms with Crippen LogP contribution < -0.4 is 5.43 Å². The highest BCUT2D eigenvalue weighted by atomic mass is 32.1. The number of rotatable bonds is 5. The number of aromatic nitrogens is 1. The average Bonchev–Trinajstić information content (AvgIpc) is 3.05. The topological polar surface area (TPSA) is 74.6 Å². The molecule has 0 bridgehead atoms. The molecule has 0 atom stereocenters. The van der Waals surface area contributed by atoms with Gasteiger partial charge in [0, 0.05) is 16.5 Å². The summed E-state index contributed by atoms with van der Waals surface area (Å²) in [6.45, 7) is 2.04. The predicted molar refractivity (Wildman–Crippen MR) is 96.9 cm³/mol. The number of thiazole rings is 1. The quantitative estimate of drug-likeness (QED) is 0.539. The molecule has 0 saturated carbocycles. The molecule has 0 aliphatic heterocycles. The summed E-state index contributed by atoms with van der Waals surface area (Å²) in [5.74, 6) is -0.979. The Balaban J connectivity index is 1.72.